The van der Waals surface area contributed by atoms with Crippen LogP contribution in [0.2, 0.25) is 0 Å². The van der Waals surface area contributed by atoms with Crippen LogP contribution in [0.1, 0.15) is 42.8 Å². The van der Waals surface area contributed by atoms with Crippen molar-refractivity contribution in [2.45, 2.75) is 38.8 Å². The summed E-state index contributed by atoms with van der Waals surface area (Å²) < 4.78 is 0. The summed E-state index contributed by atoms with van der Waals surface area (Å²) in [5.74, 6) is 0.916. The zero-order valence-electron chi connectivity index (χ0n) is 11.9. The van der Waals surface area contributed by atoms with Crippen LogP contribution in [0.4, 0.5) is 0 Å². The first-order chi connectivity index (χ1) is 9.86. The molecule has 1 fully saturated rings. The molecule has 0 bridgehead atoms. The van der Waals surface area contributed by atoms with Gasteiger partial charge in [-0.15, -0.1) is 0 Å². The number of aromatic nitrogens is 3. The number of likely N-dealkylation sites (tertiary alicyclic amines) is 1. The van der Waals surface area contributed by atoms with Crippen LogP contribution in [-0.4, -0.2) is 26.4 Å². The van der Waals surface area contributed by atoms with Gasteiger partial charge in [-0.25, -0.2) is 9.97 Å². The summed E-state index contributed by atoms with van der Waals surface area (Å²) in [5, 5.41) is 0. The Morgan fingerprint density at radius 1 is 1.25 bits per heavy atom. The zero-order valence-corrected chi connectivity index (χ0v) is 11.9. The van der Waals surface area contributed by atoms with Crippen molar-refractivity contribution in [1.29, 1.82) is 0 Å². The maximum Gasteiger partial charge on any atom is 0.127 e. The Hall–Kier alpha value is -1.81. The highest BCUT2D eigenvalue weighted by atomic mass is 15.2. The van der Waals surface area contributed by atoms with Gasteiger partial charge in [-0.2, -0.15) is 0 Å². The van der Waals surface area contributed by atoms with Gasteiger partial charge in [0.2, 0.25) is 0 Å². The molecule has 2 aromatic heterocycles. The molecule has 0 aliphatic carbocycles. The summed E-state index contributed by atoms with van der Waals surface area (Å²) in [4.78, 5) is 15.5. The first kappa shape index (κ1) is 13.2. The van der Waals surface area contributed by atoms with Crippen molar-refractivity contribution < 1.29 is 0 Å². The highest BCUT2D eigenvalue weighted by Crippen LogP contribution is 2.32. The fraction of sp³-hybridized carbons (Fsp3) is 0.438. The molecule has 3 heterocycles. The maximum atomic E-state index is 4.39. The number of aryl methyl sites for hydroxylation is 1. The Morgan fingerprint density at radius 2 is 2.10 bits per heavy atom. The summed E-state index contributed by atoms with van der Waals surface area (Å²) in [6, 6.07) is 4.67. The molecular formula is C16H20N4. The van der Waals surface area contributed by atoms with Crippen molar-refractivity contribution in [2.75, 3.05) is 6.54 Å². The predicted molar refractivity (Wildman–Crippen MR) is 78.0 cm³/mol. The van der Waals surface area contributed by atoms with Crippen LogP contribution in [0.3, 0.4) is 0 Å². The van der Waals surface area contributed by atoms with Crippen LogP contribution in [0.15, 0.2) is 36.9 Å². The van der Waals surface area contributed by atoms with Gasteiger partial charge in [0.1, 0.15) is 5.82 Å². The fourth-order valence-corrected chi connectivity index (χ4v) is 2.85. The molecular weight excluding hydrogens is 248 g/mol. The molecule has 3 rings (SSSR count). The van der Waals surface area contributed by atoms with Gasteiger partial charge in [0.25, 0.3) is 0 Å². The molecule has 0 N–H and O–H groups in total. The molecule has 1 saturated heterocycles. The average Bonchev–Trinajstić information content (AvgIpc) is 2.97. The Labute approximate surface area is 119 Å². The van der Waals surface area contributed by atoms with Crippen LogP contribution in [0.5, 0.6) is 0 Å². The molecule has 104 valence electrons. The molecule has 0 spiro atoms. The Morgan fingerprint density at radius 3 is 2.80 bits per heavy atom. The van der Waals surface area contributed by atoms with E-state index in [9.17, 15) is 0 Å². The Kier molecular flexibility index (Phi) is 4.02. The summed E-state index contributed by atoms with van der Waals surface area (Å²) in [6.07, 6.45) is 11.1. The first-order valence-electron chi connectivity index (χ1n) is 7.30. The second kappa shape index (κ2) is 6.09. The van der Waals surface area contributed by atoms with Gasteiger partial charge >= 0.3 is 0 Å². The van der Waals surface area contributed by atoms with Crippen LogP contribution < -0.4 is 0 Å². The minimum absolute atomic E-state index is 0.481. The molecule has 1 unspecified atom stereocenters. The van der Waals surface area contributed by atoms with E-state index in [2.05, 4.69) is 32.8 Å². The van der Waals surface area contributed by atoms with Gasteiger partial charge < -0.3 is 0 Å². The quantitative estimate of drug-likeness (QED) is 0.855. The summed E-state index contributed by atoms with van der Waals surface area (Å²) in [7, 11) is 0. The second-order valence-electron chi connectivity index (χ2n) is 5.28. The molecule has 0 amide bonds. The molecule has 1 atom stereocenters. The second-order valence-corrected chi connectivity index (χ2v) is 5.28. The van der Waals surface area contributed by atoms with Crippen LogP contribution in [-0.2, 0) is 13.0 Å². The Balaban J connectivity index is 1.72. The van der Waals surface area contributed by atoms with Gasteiger partial charge in [0.15, 0.2) is 0 Å². The van der Waals surface area contributed by atoms with Crippen LogP contribution >= 0.6 is 0 Å². The van der Waals surface area contributed by atoms with E-state index in [1.807, 2.05) is 30.9 Å². The third-order valence-corrected chi connectivity index (χ3v) is 3.89. The minimum Gasteiger partial charge on any atom is -0.292 e. The van der Waals surface area contributed by atoms with Gasteiger partial charge in [0.05, 0.1) is 0 Å². The average molecular weight is 268 g/mol. The third-order valence-electron chi connectivity index (χ3n) is 3.89. The minimum atomic E-state index is 0.481. The standard InChI is InChI=1S/C16H20N4/c1-2-16-18-9-13(10-19-16)12-20-8-4-6-15(20)14-5-3-7-17-11-14/h3,5,7,9-11,15H,2,4,6,8,12H2,1H3. The molecule has 20 heavy (non-hydrogen) atoms. The van der Waals surface area contributed by atoms with Crippen molar-refractivity contribution >= 4 is 0 Å². The highest BCUT2D eigenvalue weighted by Gasteiger charge is 2.26. The molecule has 2 aromatic rings. The summed E-state index contributed by atoms with van der Waals surface area (Å²) in [5.41, 5.74) is 2.51. The van der Waals surface area contributed by atoms with E-state index >= 15 is 0 Å². The molecule has 4 heteroatoms. The van der Waals surface area contributed by atoms with Crippen molar-refractivity contribution in [3.63, 3.8) is 0 Å². The lowest BCUT2D eigenvalue weighted by Crippen LogP contribution is -2.23. The lowest BCUT2D eigenvalue weighted by atomic mass is 10.1. The van der Waals surface area contributed by atoms with Crippen LogP contribution in [0.25, 0.3) is 0 Å². The molecule has 1 aliphatic rings. The van der Waals surface area contributed by atoms with E-state index in [-0.39, 0.29) is 0 Å². The third kappa shape index (κ3) is 2.85. The molecule has 0 saturated carbocycles. The van der Waals surface area contributed by atoms with Crippen molar-refractivity contribution in [1.82, 2.24) is 19.9 Å². The topological polar surface area (TPSA) is 41.9 Å². The summed E-state index contributed by atoms with van der Waals surface area (Å²) in [6.45, 7) is 4.13. The maximum absolute atomic E-state index is 4.39. The first-order valence-corrected chi connectivity index (χ1v) is 7.30. The highest BCUT2D eigenvalue weighted by molar-refractivity contribution is 5.16. The van der Waals surface area contributed by atoms with Crippen LogP contribution in [0, 0.1) is 0 Å². The van der Waals surface area contributed by atoms with E-state index in [4.69, 9.17) is 0 Å². The smallest absolute Gasteiger partial charge is 0.127 e. The fourth-order valence-electron chi connectivity index (χ4n) is 2.85. The largest absolute Gasteiger partial charge is 0.292 e. The van der Waals surface area contributed by atoms with Gasteiger partial charge in [0, 0.05) is 49.4 Å². The van der Waals surface area contributed by atoms with E-state index in [1.165, 1.54) is 24.0 Å². The normalized spacial score (nSPS) is 19.4. The van der Waals surface area contributed by atoms with E-state index in [1.54, 1.807) is 0 Å². The monoisotopic (exact) mass is 268 g/mol. The SMILES string of the molecule is CCc1ncc(CN2CCCC2c2cccnc2)cn1. The number of nitrogens with zero attached hydrogens (tertiary/aromatic N) is 4. The molecule has 0 radical (unpaired) electrons. The van der Waals surface area contributed by atoms with Gasteiger partial charge in [-0.3, -0.25) is 9.88 Å². The number of pyridine rings is 1. The van der Waals surface area contributed by atoms with Crippen molar-refractivity contribution in [3.8, 4) is 0 Å². The zero-order chi connectivity index (χ0) is 13.8. The Bertz CT molecular complexity index is 538. The van der Waals surface area contributed by atoms with E-state index < -0.39 is 0 Å². The molecule has 4 nitrogen and oxygen atoms in total. The van der Waals surface area contributed by atoms with E-state index in [0.29, 0.717) is 6.04 Å². The van der Waals surface area contributed by atoms with Gasteiger partial charge in [-0.1, -0.05) is 13.0 Å². The number of hydrogen-bond acceptors (Lipinski definition) is 4. The summed E-state index contributed by atoms with van der Waals surface area (Å²) >= 11 is 0. The van der Waals surface area contributed by atoms with Gasteiger partial charge in [-0.05, 0) is 31.0 Å². The molecule has 0 aromatic carbocycles. The predicted octanol–water partition coefficient (Wildman–Crippen LogP) is 2.77. The van der Waals surface area contributed by atoms with E-state index in [0.717, 1.165) is 25.3 Å². The number of hydrogen-bond donors (Lipinski definition) is 0. The van der Waals surface area contributed by atoms with Crippen molar-refractivity contribution in [2.24, 2.45) is 0 Å². The lowest BCUT2D eigenvalue weighted by Gasteiger charge is -2.24. The molecule has 1 aliphatic heterocycles. The lowest BCUT2D eigenvalue weighted by molar-refractivity contribution is 0.247. The van der Waals surface area contributed by atoms with Crippen molar-refractivity contribution in [3.05, 3.63) is 53.9 Å². The number of rotatable bonds is 4.